The van der Waals surface area contributed by atoms with Gasteiger partial charge in [0.2, 0.25) is 0 Å². The molecule has 5 nitrogen and oxygen atoms in total. The van der Waals surface area contributed by atoms with Crippen molar-refractivity contribution in [3.05, 3.63) is 64.1 Å². The van der Waals surface area contributed by atoms with E-state index in [9.17, 15) is 19.8 Å². The van der Waals surface area contributed by atoms with E-state index in [0.717, 1.165) is 16.7 Å². The molecule has 2 N–H and O–H groups in total. The number of carboxylic acids is 1. The number of nitrogens with zero attached hydrogens (tertiary/aromatic N) is 1. The van der Waals surface area contributed by atoms with Gasteiger partial charge in [0.15, 0.2) is 4.32 Å². The normalized spacial score (nSPS) is 16.2. The fourth-order valence-corrected chi connectivity index (χ4v) is 3.96. The predicted octanol–water partition coefficient (Wildman–Crippen LogP) is 4.19. The minimum absolute atomic E-state index is 0.0962. The van der Waals surface area contributed by atoms with Crippen molar-refractivity contribution < 1.29 is 19.8 Å². The molecule has 1 aliphatic rings. The molecule has 0 aromatic heterocycles. The number of phenolic OH excluding ortho intramolecular Hbond substituents is 1. The quantitative estimate of drug-likeness (QED) is 0.609. The lowest BCUT2D eigenvalue weighted by Gasteiger charge is -2.18. The molecule has 0 radical (unpaired) electrons. The molecule has 1 fully saturated rings. The van der Waals surface area contributed by atoms with Crippen LogP contribution in [0.2, 0.25) is 0 Å². The maximum absolute atomic E-state index is 13.0. The molecule has 0 saturated carbocycles. The van der Waals surface area contributed by atoms with E-state index in [0.29, 0.717) is 14.9 Å². The van der Waals surface area contributed by atoms with Gasteiger partial charge in [-0.3, -0.25) is 9.69 Å². The first-order valence-corrected chi connectivity index (χ1v) is 8.92. The van der Waals surface area contributed by atoms with Crippen molar-refractivity contribution in [1.82, 2.24) is 0 Å². The molecule has 26 heavy (non-hydrogen) atoms. The number of benzene rings is 2. The molecule has 1 saturated heterocycles. The number of hydrogen-bond donors (Lipinski definition) is 2. The van der Waals surface area contributed by atoms with Crippen LogP contribution >= 0.6 is 24.0 Å². The van der Waals surface area contributed by atoms with E-state index in [1.54, 1.807) is 37.3 Å². The standard InChI is InChI=1S/C19H15NO4S2/c1-10-3-4-13(18(23)24)9-15(10)20-17(22)16(26-19(20)25)11(2)12-5-7-14(21)8-6-12/h3-9,21H,1-2H3,(H,23,24)/b16-11-. The Hall–Kier alpha value is -2.64. The van der Waals surface area contributed by atoms with Crippen LogP contribution in [0.25, 0.3) is 5.57 Å². The zero-order chi connectivity index (χ0) is 19.0. The van der Waals surface area contributed by atoms with Crippen molar-refractivity contribution >= 4 is 51.4 Å². The van der Waals surface area contributed by atoms with Crippen LogP contribution in [0.1, 0.15) is 28.4 Å². The number of aromatic carboxylic acids is 1. The predicted molar refractivity (Wildman–Crippen MR) is 107 cm³/mol. The second-order valence-corrected chi connectivity index (χ2v) is 7.46. The number of anilines is 1. The highest BCUT2D eigenvalue weighted by atomic mass is 32.2. The molecule has 1 amide bonds. The van der Waals surface area contributed by atoms with Gasteiger partial charge >= 0.3 is 5.97 Å². The van der Waals surface area contributed by atoms with Crippen LogP contribution in [-0.4, -0.2) is 26.4 Å². The molecule has 2 aromatic carbocycles. The lowest BCUT2D eigenvalue weighted by Crippen LogP contribution is -2.28. The van der Waals surface area contributed by atoms with Crippen LogP contribution < -0.4 is 4.90 Å². The average molecular weight is 385 g/mol. The first-order valence-electron chi connectivity index (χ1n) is 7.70. The van der Waals surface area contributed by atoms with E-state index in [2.05, 4.69) is 0 Å². The fourth-order valence-electron chi connectivity index (χ4n) is 2.63. The van der Waals surface area contributed by atoms with E-state index in [1.165, 1.54) is 28.8 Å². The topological polar surface area (TPSA) is 77.8 Å². The molecule has 0 aliphatic carbocycles. The number of allylic oxidation sites excluding steroid dienone is 1. The number of hydrogen-bond acceptors (Lipinski definition) is 5. The maximum atomic E-state index is 13.0. The Kier molecular flexibility index (Phi) is 4.84. The number of phenols is 1. The van der Waals surface area contributed by atoms with E-state index in [-0.39, 0.29) is 17.2 Å². The van der Waals surface area contributed by atoms with Gasteiger partial charge in [-0.15, -0.1) is 0 Å². The minimum atomic E-state index is -1.06. The Morgan fingerprint density at radius 1 is 1.12 bits per heavy atom. The summed E-state index contributed by atoms with van der Waals surface area (Å²) in [6.07, 6.45) is 0. The highest BCUT2D eigenvalue weighted by Gasteiger charge is 2.35. The fraction of sp³-hybridized carbons (Fsp3) is 0.105. The smallest absolute Gasteiger partial charge is 0.335 e. The molecular weight excluding hydrogens is 370 g/mol. The molecule has 0 spiro atoms. The van der Waals surface area contributed by atoms with E-state index < -0.39 is 5.97 Å². The summed E-state index contributed by atoms with van der Waals surface area (Å²) < 4.78 is 0.355. The van der Waals surface area contributed by atoms with Crippen LogP contribution in [0, 0.1) is 6.92 Å². The summed E-state index contributed by atoms with van der Waals surface area (Å²) in [5.41, 5.74) is 2.88. The summed E-state index contributed by atoms with van der Waals surface area (Å²) in [6, 6.07) is 11.2. The molecule has 1 heterocycles. The Morgan fingerprint density at radius 3 is 2.35 bits per heavy atom. The Balaban J connectivity index is 2.05. The zero-order valence-corrected chi connectivity index (χ0v) is 15.6. The summed E-state index contributed by atoms with van der Waals surface area (Å²) in [4.78, 5) is 26.1. The van der Waals surface area contributed by atoms with Crippen molar-refractivity contribution in [2.24, 2.45) is 0 Å². The molecule has 132 valence electrons. The number of aryl methyl sites for hydroxylation is 1. The van der Waals surface area contributed by atoms with Gasteiger partial charge in [-0.25, -0.2) is 4.79 Å². The molecule has 0 atom stereocenters. The van der Waals surface area contributed by atoms with E-state index >= 15 is 0 Å². The van der Waals surface area contributed by atoms with Crippen LogP contribution in [0.15, 0.2) is 47.4 Å². The first kappa shape index (κ1) is 18.2. The lowest BCUT2D eigenvalue weighted by atomic mass is 10.1. The van der Waals surface area contributed by atoms with E-state index in [4.69, 9.17) is 12.2 Å². The monoisotopic (exact) mass is 385 g/mol. The van der Waals surface area contributed by atoms with Crippen LogP contribution in [0.5, 0.6) is 5.75 Å². The first-order chi connectivity index (χ1) is 12.3. The van der Waals surface area contributed by atoms with Gasteiger partial charge < -0.3 is 10.2 Å². The largest absolute Gasteiger partial charge is 0.508 e. The van der Waals surface area contributed by atoms with Crippen LogP contribution in [-0.2, 0) is 4.79 Å². The van der Waals surface area contributed by atoms with Crippen LogP contribution in [0.3, 0.4) is 0 Å². The third-order valence-corrected chi connectivity index (χ3v) is 5.58. The third kappa shape index (κ3) is 3.23. The van der Waals surface area contributed by atoms with Gasteiger partial charge in [-0.1, -0.05) is 42.2 Å². The number of amides is 1. The van der Waals surface area contributed by atoms with Crippen LogP contribution in [0.4, 0.5) is 5.69 Å². The SMILES string of the molecule is C/C(=C1/SC(=S)N(c2cc(C(=O)O)ccc2C)C1=O)c1ccc(O)cc1. The highest BCUT2D eigenvalue weighted by molar-refractivity contribution is 8.27. The van der Waals surface area contributed by atoms with Crippen molar-refractivity contribution in [2.75, 3.05) is 4.90 Å². The second-order valence-electron chi connectivity index (χ2n) is 5.82. The molecule has 0 unspecified atom stereocenters. The van der Waals surface area contributed by atoms with Gasteiger partial charge in [-0.2, -0.15) is 0 Å². The van der Waals surface area contributed by atoms with Crippen molar-refractivity contribution in [3.8, 4) is 5.75 Å². The minimum Gasteiger partial charge on any atom is -0.508 e. The highest BCUT2D eigenvalue weighted by Crippen LogP contribution is 2.40. The van der Waals surface area contributed by atoms with E-state index in [1.807, 2.05) is 6.92 Å². The van der Waals surface area contributed by atoms with Gasteiger partial charge in [0.05, 0.1) is 16.2 Å². The molecule has 2 aromatic rings. The number of carboxylic acid groups (broad SMARTS) is 1. The summed E-state index contributed by atoms with van der Waals surface area (Å²) in [5.74, 6) is -1.20. The van der Waals surface area contributed by atoms with Crippen molar-refractivity contribution in [1.29, 1.82) is 0 Å². The number of carbonyl (C=O) groups excluding carboxylic acids is 1. The molecule has 0 bridgehead atoms. The number of thioether (sulfide) groups is 1. The number of rotatable bonds is 3. The summed E-state index contributed by atoms with van der Waals surface area (Å²) in [5, 5.41) is 18.6. The number of thiocarbonyl (C=S) groups is 1. The number of carbonyl (C=O) groups is 2. The second kappa shape index (κ2) is 6.93. The third-order valence-electron chi connectivity index (χ3n) is 4.11. The summed E-state index contributed by atoms with van der Waals surface area (Å²) in [6.45, 7) is 3.62. The summed E-state index contributed by atoms with van der Waals surface area (Å²) >= 11 is 6.57. The Labute approximate surface area is 160 Å². The van der Waals surface area contributed by atoms with Gasteiger partial charge in [0, 0.05) is 0 Å². The molecule has 1 aliphatic heterocycles. The van der Waals surface area contributed by atoms with Crippen molar-refractivity contribution in [2.45, 2.75) is 13.8 Å². The average Bonchev–Trinajstić information content (AvgIpc) is 2.90. The Bertz CT molecular complexity index is 964. The van der Waals surface area contributed by atoms with Gasteiger partial charge in [-0.05, 0) is 54.8 Å². The van der Waals surface area contributed by atoms with Gasteiger partial charge in [0.1, 0.15) is 5.75 Å². The number of aromatic hydroxyl groups is 1. The summed E-state index contributed by atoms with van der Waals surface area (Å²) in [7, 11) is 0. The van der Waals surface area contributed by atoms with Gasteiger partial charge in [0.25, 0.3) is 5.91 Å². The zero-order valence-electron chi connectivity index (χ0n) is 14.0. The molecule has 7 heteroatoms. The Morgan fingerprint density at radius 2 is 1.73 bits per heavy atom. The molecular formula is C19H15NO4S2. The maximum Gasteiger partial charge on any atom is 0.335 e. The lowest BCUT2D eigenvalue weighted by molar-refractivity contribution is -0.113. The molecule has 3 rings (SSSR count). The van der Waals surface area contributed by atoms with Crippen molar-refractivity contribution in [3.63, 3.8) is 0 Å².